The Labute approximate surface area is 247 Å². The Morgan fingerprint density at radius 2 is 1.45 bits per heavy atom. The number of sulfonamides is 1. The first-order valence-electron chi connectivity index (χ1n) is 14.7. The molecule has 0 saturated carbocycles. The van der Waals surface area contributed by atoms with E-state index in [9.17, 15) is 8.42 Å². The summed E-state index contributed by atoms with van der Waals surface area (Å²) in [6, 6.07) is 16.4. The lowest BCUT2D eigenvalue weighted by molar-refractivity contribution is -0.672. The maximum absolute atomic E-state index is 13.7. The van der Waals surface area contributed by atoms with Crippen molar-refractivity contribution in [2.75, 3.05) is 6.61 Å². The van der Waals surface area contributed by atoms with Crippen LogP contribution in [0.15, 0.2) is 71.9 Å². The summed E-state index contributed by atoms with van der Waals surface area (Å²) < 4.78 is 36.7. The smallest absolute Gasteiger partial charge is 0.243 e. The van der Waals surface area contributed by atoms with E-state index in [2.05, 4.69) is 6.92 Å². The van der Waals surface area contributed by atoms with E-state index in [1.165, 1.54) is 55.7 Å². The highest BCUT2D eigenvalue weighted by Gasteiger charge is 2.26. The molecule has 0 saturated heterocycles. The molecule has 5 nitrogen and oxygen atoms in total. The Balaban J connectivity index is 1.57. The number of halogens is 1. The number of hydrogen-bond donors (Lipinski definition) is 0. The molecule has 0 spiro atoms. The molecule has 0 N–H and O–H groups in total. The van der Waals surface area contributed by atoms with E-state index in [1.54, 1.807) is 12.1 Å². The number of rotatable bonds is 18. The van der Waals surface area contributed by atoms with Crippen molar-refractivity contribution in [1.82, 2.24) is 4.31 Å². The van der Waals surface area contributed by atoms with Gasteiger partial charge in [-0.05, 0) is 49.2 Å². The Hall–Kier alpha value is -2.41. The van der Waals surface area contributed by atoms with Gasteiger partial charge in [0.15, 0.2) is 12.4 Å². The zero-order valence-electron chi connectivity index (χ0n) is 24.4. The molecule has 40 heavy (non-hydrogen) atoms. The molecule has 0 atom stereocenters. The van der Waals surface area contributed by atoms with E-state index in [0.717, 1.165) is 29.5 Å². The predicted molar refractivity (Wildman–Crippen MR) is 164 cm³/mol. The number of hydrogen-bond acceptors (Lipinski definition) is 3. The molecule has 1 heterocycles. The molecule has 0 unspecified atom stereocenters. The molecule has 1 aromatic heterocycles. The van der Waals surface area contributed by atoms with Crippen LogP contribution in [0.2, 0.25) is 5.02 Å². The van der Waals surface area contributed by atoms with Crippen LogP contribution in [0.3, 0.4) is 0 Å². The number of ether oxygens (including phenoxy) is 1. The Kier molecular flexibility index (Phi) is 13.5. The van der Waals surface area contributed by atoms with Crippen LogP contribution in [0.1, 0.15) is 87.8 Å². The number of pyridine rings is 1. The lowest BCUT2D eigenvalue weighted by Crippen LogP contribution is -2.32. The molecule has 3 aromatic rings. The molecule has 0 amide bonds. The molecule has 0 aliphatic carbocycles. The fraction of sp³-hybridized carbons (Fsp3) is 0.485. The second kappa shape index (κ2) is 16.8. The van der Waals surface area contributed by atoms with Gasteiger partial charge >= 0.3 is 0 Å². The number of unbranched alkanes of at least 4 members (excludes halogenated alkanes) is 9. The summed E-state index contributed by atoms with van der Waals surface area (Å²) in [4.78, 5) is 0.279. The Morgan fingerprint density at radius 3 is 2.08 bits per heavy atom. The first-order chi connectivity index (χ1) is 19.3. The lowest BCUT2D eigenvalue weighted by Gasteiger charge is -2.22. The summed E-state index contributed by atoms with van der Waals surface area (Å²) in [5, 5.41) is 0.503. The summed E-state index contributed by atoms with van der Waals surface area (Å²) in [6.45, 7) is 5.28. The highest BCUT2D eigenvalue weighted by molar-refractivity contribution is 7.89. The van der Waals surface area contributed by atoms with Crippen molar-refractivity contribution in [3.8, 4) is 5.75 Å². The molecular formula is C33H46ClN2O3S+. The minimum atomic E-state index is -3.73. The minimum absolute atomic E-state index is 0.202. The van der Waals surface area contributed by atoms with Crippen LogP contribution in [0.4, 0.5) is 0 Å². The molecule has 3 rings (SSSR count). The van der Waals surface area contributed by atoms with Crippen LogP contribution in [0, 0.1) is 6.92 Å². The molecule has 218 valence electrons. The molecule has 7 heteroatoms. The van der Waals surface area contributed by atoms with Gasteiger partial charge in [0.2, 0.25) is 10.0 Å². The van der Waals surface area contributed by atoms with Crippen LogP contribution >= 0.6 is 11.6 Å². The van der Waals surface area contributed by atoms with Crippen molar-refractivity contribution in [2.45, 2.75) is 96.0 Å². The van der Waals surface area contributed by atoms with E-state index >= 15 is 0 Å². The Bertz CT molecular complexity index is 1280. The van der Waals surface area contributed by atoms with Gasteiger partial charge in [-0.3, -0.25) is 0 Å². The summed E-state index contributed by atoms with van der Waals surface area (Å²) in [6.07, 6.45) is 16.7. The summed E-state index contributed by atoms with van der Waals surface area (Å²) in [5.74, 6) is 0.643. The Morgan fingerprint density at radius 1 is 0.825 bits per heavy atom. The highest BCUT2D eigenvalue weighted by atomic mass is 35.5. The van der Waals surface area contributed by atoms with E-state index in [4.69, 9.17) is 16.3 Å². The van der Waals surface area contributed by atoms with E-state index in [0.29, 0.717) is 17.4 Å². The van der Waals surface area contributed by atoms with Gasteiger partial charge in [-0.1, -0.05) is 100 Å². The molecule has 0 radical (unpaired) electrons. The maximum atomic E-state index is 13.7. The van der Waals surface area contributed by atoms with E-state index < -0.39 is 10.0 Å². The highest BCUT2D eigenvalue weighted by Crippen LogP contribution is 2.28. The van der Waals surface area contributed by atoms with Crippen molar-refractivity contribution < 1.29 is 17.7 Å². The third-order valence-electron chi connectivity index (χ3n) is 7.13. The minimum Gasteiger partial charge on any atom is -0.492 e. The quantitative estimate of drug-likeness (QED) is 0.112. The topological polar surface area (TPSA) is 50.5 Å². The molecule has 0 bridgehead atoms. The van der Waals surface area contributed by atoms with Crippen LogP contribution in [0.25, 0.3) is 0 Å². The summed E-state index contributed by atoms with van der Waals surface area (Å²) in [5.41, 5.74) is 2.73. The summed E-state index contributed by atoms with van der Waals surface area (Å²) in [7, 11) is -1.81. The van der Waals surface area contributed by atoms with E-state index in [1.807, 2.05) is 73.4 Å². The first-order valence-corrected chi connectivity index (χ1v) is 16.5. The largest absolute Gasteiger partial charge is 0.492 e. The van der Waals surface area contributed by atoms with Crippen molar-refractivity contribution in [3.05, 3.63) is 88.7 Å². The zero-order chi connectivity index (χ0) is 28.8. The number of aryl methyl sites for hydroxylation is 2. The average molecular weight is 586 g/mol. The number of benzene rings is 2. The van der Waals surface area contributed by atoms with Gasteiger partial charge in [-0.15, -0.1) is 0 Å². The van der Waals surface area contributed by atoms with Gasteiger partial charge in [-0.2, -0.15) is 4.31 Å². The second-order valence-corrected chi connectivity index (χ2v) is 13.1. The predicted octanol–water partition coefficient (Wildman–Crippen LogP) is 8.16. The molecule has 0 fully saturated rings. The van der Waals surface area contributed by atoms with Crippen LogP contribution < -0.4 is 9.30 Å². The lowest BCUT2D eigenvalue weighted by atomic mass is 10.1. The molecule has 0 aliphatic rings. The summed E-state index contributed by atoms with van der Waals surface area (Å²) >= 11 is 6.58. The number of aromatic nitrogens is 1. The van der Waals surface area contributed by atoms with Gasteiger partial charge in [0.25, 0.3) is 0 Å². The van der Waals surface area contributed by atoms with Crippen molar-refractivity contribution in [3.63, 3.8) is 0 Å². The van der Waals surface area contributed by atoms with Crippen LogP contribution in [0.5, 0.6) is 5.75 Å². The molecule has 2 aromatic carbocycles. The van der Waals surface area contributed by atoms with Crippen molar-refractivity contribution >= 4 is 21.6 Å². The third-order valence-corrected chi connectivity index (χ3v) is 9.23. The normalized spacial score (nSPS) is 11.7. The zero-order valence-corrected chi connectivity index (χ0v) is 26.0. The SMILES string of the molecule is CCCCCCCCCCCCOc1ccc(CN(Cc2ccc[n+](C)c2)S(=O)(=O)c2ccc(C)cc2)cc1Cl. The average Bonchev–Trinajstić information content (AvgIpc) is 2.92. The molecule has 0 aliphatic heterocycles. The second-order valence-electron chi connectivity index (χ2n) is 10.8. The fourth-order valence-corrected chi connectivity index (χ4v) is 6.44. The monoisotopic (exact) mass is 585 g/mol. The van der Waals surface area contributed by atoms with Crippen LogP contribution in [-0.4, -0.2) is 19.3 Å². The van der Waals surface area contributed by atoms with Crippen LogP contribution in [-0.2, 0) is 30.2 Å². The van der Waals surface area contributed by atoms with E-state index in [-0.39, 0.29) is 18.0 Å². The fourth-order valence-electron chi connectivity index (χ4n) is 4.77. The van der Waals surface area contributed by atoms with Crippen molar-refractivity contribution in [2.24, 2.45) is 7.05 Å². The standard InChI is InChI=1S/C33H46ClN2O3S/c1-4-5-6-7-8-9-10-11-12-13-23-39-33-21-18-29(24-32(33)34)26-36(27-30-15-14-22-35(3)25-30)40(37,38)31-19-16-28(2)17-20-31/h14-22,24-25H,4-13,23,26-27H2,1-3H3/q+1. The van der Waals surface area contributed by atoms with Gasteiger partial charge in [0.05, 0.1) is 16.5 Å². The third kappa shape index (κ3) is 10.5. The first kappa shape index (κ1) is 32.1. The number of nitrogens with zero attached hydrogens (tertiary/aromatic N) is 2. The van der Waals surface area contributed by atoms with Gasteiger partial charge in [0, 0.05) is 24.7 Å². The van der Waals surface area contributed by atoms with Gasteiger partial charge < -0.3 is 4.74 Å². The van der Waals surface area contributed by atoms with Gasteiger partial charge in [0.1, 0.15) is 12.8 Å². The maximum Gasteiger partial charge on any atom is 0.243 e. The molecular weight excluding hydrogens is 540 g/mol. The van der Waals surface area contributed by atoms with Crippen molar-refractivity contribution in [1.29, 1.82) is 0 Å². The van der Waals surface area contributed by atoms with Gasteiger partial charge in [-0.25, -0.2) is 13.0 Å².